The van der Waals surface area contributed by atoms with E-state index >= 15 is 0 Å². The predicted molar refractivity (Wildman–Crippen MR) is 72.5 cm³/mol. The third-order valence-electron chi connectivity index (χ3n) is 2.03. The quantitative estimate of drug-likeness (QED) is 0.849. The molecule has 0 unspecified atom stereocenters. The molecular weight excluding hydrogens is 281 g/mol. The summed E-state index contributed by atoms with van der Waals surface area (Å²) in [7, 11) is 1.78. The minimum Gasteiger partial charge on any atom is -0.389 e. The van der Waals surface area contributed by atoms with Crippen LogP contribution in [0.1, 0.15) is 24.2 Å². The van der Waals surface area contributed by atoms with Crippen molar-refractivity contribution >= 4 is 40.3 Å². The second-order valence-corrected chi connectivity index (χ2v) is 6.93. The summed E-state index contributed by atoms with van der Waals surface area (Å²) in [5.41, 5.74) is -0.380. The Hall–Kier alpha value is -0.130. The van der Waals surface area contributed by atoms with Crippen molar-refractivity contribution in [1.82, 2.24) is 4.90 Å². The summed E-state index contributed by atoms with van der Waals surface area (Å²) in [4.78, 5) is 13.7. The number of likely N-dealkylation sites (N-methyl/N-ethyl adjacent to an activating group) is 1. The van der Waals surface area contributed by atoms with Gasteiger partial charge >= 0.3 is 0 Å². The molecular formula is C11H15Cl2NO2S. The van der Waals surface area contributed by atoms with Crippen molar-refractivity contribution in [2.45, 2.75) is 19.4 Å². The topological polar surface area (TPSA) is 40.5 Å². The molecule has 1 aromatic heterocycles. The van der Waals surface area contributed by atoms with E-state index < -0.39 is 5.60 Å². The minimum atomic E-state index is -0.828. The maximum atomic E-state index is 11.9. The Morgan fingerprint density at radius 1 is 1.53 bits per heavy atom. The molecule has 0 saturated heterocycles. The van der Waals surface area contributed by atoms with Crippen molar-refractivity contribution < 1.29 is 9.90 Å². The lowest BCUT2D eigenvalue weighted by Gasteiger charge is -2.24. The fourth-order valence-corrected chi connectivity index (χ4v) is 3.08. The van der Waals surface area contributed by atoms with Gasteiger partial charge in [0.1, 0.15) is 4.34 Å². The van der Waals surface area contributed by atoms with Gasteiger partial charge in [-0.05, 0) is 27.0 Å². The largest absolute Gasteiger partial charge is 0.389 e. The Labute approximate surface area is 115 Å². The average Bonchev–Trinajstić information content (AvgIpc) is 2.41. The molecule has 1 aromatic rings. The summed E-state index contributed by atoms with van der Waals surface area (Å²) in [6.45, 7) is 4.01. The Kier molecular flexibility index (Phi) is 4.98. The van der Waals surface area contributed by atoms with E-state index in [1.54, 1.807) is 31.9 Å². The summed E-state index contributed by atoms with van der Waals surface area (Å²) in [5.74, 6) is -0.0927. The maximum absolute atomic E-state index is 11.9. The van der Waals surface area contributed by atoms with E-state index in [1.165, 1.54) is 11.3 Å². The number of carbonyl (C=O) groups excluding carboxylic acids is 1. The Morgan fingerprint density at radius 3 is 2.53 bits per heavy atom. The molecule has 0 fully saturated rings. The molecule has 0 aliphatic carbocycles. The first-order chi connectivity index (χ1) is 7.69. The van der Waals surface area contributed by atoms with E-state index in [1.807, 2.05) is 0 Å². The van der Waals surface area contributed by atoms with Crippen LogP contribution in [0.4, 0.5) is 0 Å². The van der Waals surface area contributed by atoms with Crippen molar-refractivity contribution in [2.75, 3.05) is 20.1 Å². The SMILES string of the molecule is CN(CC(=O)c1cc(Cl)sc1Cl)CC(C)(C)O. The summed E-state index contributed by atoms with van der Waals surface area (Å²) < 4.78 is 0.917. The monoisotopic (exact) mass is 295 g/mol. The van der Waals surface area contributed by atoms with E-state index in [9.17, 15) is 9.90 Å². The summed E-state index contributed by atoms with van der Waals surface area (Å²) in [6, 6.07) is 1.58. The lowest BCUT2D eigenvalue weighted by atomic mass is 10.1. The summed E-state index contributed by atoms with van der Waals surface area (Å²) in [5, 5.41) is 9.63. The summed E-state index contributed by atoms with van der Waals surface area (Å²) in [6.07, 6.45) is 0. The van der Waals surface area contributed by atoms with Crippen LogP contribution in [0.3, 0.4) is 0 Å². The lowest BCUT2D eigenvalue weighted by Crippen LogP contribution is -2.38. The molecule has 0 bridgehead atoms. The van der Waals surface area contributed by atoms with Crippen LogP contribution in [0.2, 0.25) is 8.67 Å². The second kappa shape index (κ2) is 5.67. The van der Waals surface area contributed by atoms with Crippen LogP contribution >= 0.6 is 34.5 Å². The third kappa shape index (κ3) is 4.94. The summed E-state index contributed by atoms with van der Waals surface area (Å²) >= 11 is 12.9. The Bertz CT molecular complexity index is 412. The molecule has 0 aliphatic rings. The highest BCUT2D eigenvalue weighted by molar-refractivity contribution is 7.20. The maximum Gasteiger partial charge on any atom is 0.179 e. The van der Waals surface area contributed by atoms with Crippen molar-refractivity contribution in [1.29, 1.82) is 0 Å². The van der Waals surface area contributed by atoms with E-state index in [4.69, 9.17) is 23.2 Å². The average molecular weight is 296 g/mol. The molecule has 0 atom stereocenters. The number of carbonyl (C=O) groups is 1. The molecule has 0 aliphatic heterocycles. The predicted octanol–water partition coefficient (Wildman–Crippen LogP) is 2.94. The number of Topliss-reactive ketones (excluding diaryl/α,β-unsaturated/α-hetero) is 1. The Balaban J connectivity index is 2.64. The zero-order chi connectivity index (χ0) is 13.2. The smallest absolute Gasteiger partial charge is 0.179 e. The van der Waals surface area contributed by atoms with E-state index in [2.05, 4.69) is 0 Å². The molecule has 0 amide bonds. The number of thiophene rings is 1. The molecule has 1 heterocycles. The lowest BCUT2D eigenvalue weighted by molar-refractivity contribution is 0.0439. The minimum absolute atomic E-state index is 0.0927. The van der Waals surface area contributed by atoms with E-state index in [0.29, 0.717) is 20.8 Å². The fraction of sp³-hybridized carbons (Fsp3) is 0.545. The van der Waals surface area contributed by atoms with Gasteiger partial charge in [0, 0.05) is 6.54 Å². The molecule has 1 rings (SSSR count). The first-order valence-corrected chi connectivity index (χ1v) is 6.65. The molecule has 17 heavy (non-hydrogen) atoms. The van der Waals surface area contributed by atoms with Gasteiger partial charge < -0.3 is 5.11 Å². The number of rotatable bonds is 5. The molecule has 0 saturated carbocycles. The number of hydrogen-bond acceptors (Lipinski definition) is 4. The number of halogens is 2. The fourth-order valence-electron chi connectivity index (χ4n) is 1.58. The number of aliphatic hydroxyl groups is 1. The molecule has 1 N–H and O–H groups in total. The van der Waals surface area contributed by atoms with E-state index in [0.717, 1.165) is 0 Å². The van der Waals surface area contributed by atoms with Gasteiger partial charge in [-0.3, -0.25) is 9.69 Å². The zero-order valence-corrected chi connectivity index (χ0v) is 12.3. The zero-order valence-electron chi connectivity index (χ0n) is 9.96. The van der Waals surface area contributed by atoms with Gasteiger partial charge in [-0.2, -0.15) is 0 Å². The van der Waals surface area contributed by atoms with Crippen LogP contribution in [-0.2, 0) is 0 Å². The first-order valence-electron chi connectivity index (χ1n) is 5.08. The highest BCUT2D eigenvalue weighted by Gasteiger charge is 2.20. The standard InChI is InChI=1S/C11H15Cl2NO2S/c1-11(2,16)6-14(3)5-8(15)7-4-9(12)17-10(7)13/h4,16H,5-6H2,1-3H3. The molecule has 3 nitrogen and oxygen atoms in total. The van der Waals surface area contributed by atoms with Gasteiger partial charge in [0.05, 0.1) is 22.0 Å². The molecule has 96 valence electrons. The molecule has 0 aromatic carbocycles. The van der Waals surface area contributed by atoms with Crippen LogP contribution in [0.15, 0.2) is 6.07 Å². The second-order valence-electron chi connectivity index (χ2n) is 4.65. The normalized spacial score (nSPS) is 12.2. The van der Waals surface area contributed by atoms with Crippen LogP contribution in [0, 0.1) is 0 Å². The van der Waals surface area contributed by atoms with Gasteiger partial charge in [0.15, 0.2) is 5.78 Å². The third-order valence-corrected chi connectivity index (χ3v) is 3.52. The van der Waals surface area contributed by atoms with Crippen molar-refractivity contribution in [3.63, 3.8) is 0 Å². The van der Waals surface area contributed by atoms with Crippen LogP contribution in [0.25, 0.3) is 0 Å². The van der Waals surface area contributed by atoms with Gasteiger partial charge in [0.25, 0.3) is 0 Å². The molecule has 6 heteroatoms. The van der Waals surface area contributed by atoms with Gasteiger partial charge in [-0.15, -0.1) is 11.3 Å². The van der Waals surface area contributed by atoms with Crippen molar-refractivity contribution in [2.24, 2.45) is 0 Å². The van der Waals surface area contributed by atoms with Gasteiger partial charge in [-0.1, -0.05) is 23.2 Å². The van der Waals surface area contributed by atoms with Gasteiger partial charge in [0.2, 0.25) is 0 Å². The highest BCUT2D eigenvalue weighted by Crippen LogP contribution is 2.31. The molecule has 0 radical (unpaired) electrons. The van der Waals surface area contributed by atoms with Gasteiger partial charge in [-0.25, -0.2) is 0 Å². The number of nitrogens with zero attached hydrogens (tertiary/aromatic N) is 1. The van der Waals surface area contributed by atoms with Crippen molar-refractivity contribution in [3.8, 4) is 0 Å². The van der Waals surface area contributed by atoms with Crippen LogP contribution in [-0.4, -0.2) is 41.5 Å². The number of ketones is 1. The van der Waals surface area contributed by atoms with Crippen LogP contribution < -0.4 is 0 Å². The number of hydrogen-bond donors (Lipinski definition) is 1. The first kappa shape index (κ1) is 14.9. The Morgan fingerprint density at radius 2 is 2.12 bits per heavy atom. The van der Waals surface area contributed by atoms with Crippen LogP contribution in [0.5, 0.6) is 0 Å². The molecule has 0 spiro atoms. The van der Waals surface area contributed by atoms with Crippen molar-refractivity contribution in [3.05, 3.63) is 20.3 Å². The van der Waals surface area contributed by atoms with E-state index in [-0.39, 0.29) is 12.3 Å². The highest BCUT2D eigenvalue weighted by atomic mass is 35.5.